The van der Waals surface area contributed by atoms with Crippen LogP contribution < -0.4 is 14.8 Å². The number of rotatable bonds is 3. The molecule has 0 radical (unpaired) electrons. The van der Waals surface area contributed by atoms with E-state index in [1.807, 2.05) is 54.3 Å². The fourth-order valence-corrected chi connectivity index (χ4v) is 4.71. The van der Waals surface area contributed by atoms with Crippen molar-refractivity contribution in [3.63, 3.8) is 0 Å². The Kier molecular flexibility index (Phi) is 6.17. The molecule has 9 nitrogen and oxygen atoms in total. The molecular formula is C26H29N5O4. The molecule has 0 saturated carbocycles. The van der Waals surface area contributed by atoms with E-state index in [9.17, 15) is 9.59 Å². The minimum atomic E-state index is -0.105. The summed E-state index contributed by atoms with van der Waals surface area (Å²) in [7, 11) is 3.42. The minimum Gasteiger partial charge on any atom is -0.497 e. The third-order valence-electron chi connectivity index (χ3n) is 6.55. The molecule has 2 aromatic carbocycles. The van der Waals surface area contributed by atoms with E-state index in [0.717, 1.165) is 22.6 Å². The molecule has 182 valence electrons. The zero-order valence-corrected chi connectivity index (χ0v) is 20.2. The summed E-state index contributed by atoms with van der Waals surface area (Å²) >= 11 is 0. The summed E-state index contributed by atoms with van der Waals surface area (Å²) < 4.78 is 13.1. The second kappa shape index (κ2) is 9.42. The molecule has 2 amide bonds. The number of methoxy groups -OCH3 is 1. The summed E-state index contributed by atoms with van der Waals surface area (Å²) in [6.07, 6.45) is 0. The Bertz CT molecular complexity index is 1270. The Morgan fingerprint density at radius 3 is 2.74 bits per heavy atom. The van der Waals surface area contributed by atoms with Crippen LogP contribution in [0.15, 0.2) is 48.5 Å². The number of amides is 2. The van der Waals surface area contributed by atoms with Gasteiger partial charge in [0.25, 0.3) is 5.91 Å². The van der Waals surface area contributed by atoms with E-state index in [4.69, 9.17) is 9.47 Å². The molecule has 9 heteroatoms. The van der Waals surface area contributed by atoms with Gasteiger partial charge in [0.15, 0.2) is 0 Å². The first-order valence-electron chi connectivity index (χ1n) is 11.7. The number of aromatic nitrogens is 2. The van der Waals surface area contributed by atoms with Gasteiger partial charge in [-0.1, -0.05) is 18.2 Å². The molecule has 35 heavy (non-hydrogen) atoms. The van der Waals surface area contributed by atoms with Gasteiger partial charge in [-0.3, -0.25) is 19.2 Å². The summed E-state index contributed by atoms with van der Waals surface area (Å²) in [4.78, 5) is 30.0. The van der Waals surface area contributed by atoms with Gasteiger partial charge in [-0.25, -0.2) is 0 Å². The number of carbonyl (C=O) groups is 2. The topological polar surface area (TPSA) is 88.9 Å². The van der Waals surface area contributed by atoms with E-state index in [1.54, 1.807) is 24.9 Å². The largest absolute Gasteiger partial charge is 0.497 e. The van der Waals surface area contributed by atoms with Gasteiger partial charge < -0.3 is 19.7 Å². The quantitative estimate of drug-likeness (QED) is 0.627. The van der Waals surface area contributed by atoms with Gasteiger partial charge in [-0.2, -0.15) is 5.10 Å². The van der Waals surface area contributed by atoms with Crippen LogP contribution in [0.25, 0.3) is 11.1 Å². The van der Waals surface area contributed by atoms with Crippen LogP contribution in [0.2, 0.25) is 0 Å². The highest BCUT2D eigenvalue weighted by atomic mass is 16.5. The summed E-state index contributed by atoms with van der Waals surface area (Å²) in [6, 6.07) is 15.3. The molecule has 0 unspecified atom stereocenters. The van der Waals surface area contributed by atoms with Crippen molar-refractivity contribution in [2.45, 2.75) is 13.0 Å². The van der Waals surface area contributed by atoms with Crippen LogP contribution in [0.1, 0.15) is 16.2 Å². The molecule has 0 aliphatic carbocycles. The van der Waals surface area contributed by atoms with Gasteiger partial charge in [0, 0.05) is 26.7 Å². The molecule has 1 aromatic heterocycles. The number of carbonyl (C=O) groups excluding carboxylic acids is 2. The lowest BCUT2D eigenvalue weighted by atomic mass is 10.0. The molecule has 3 aromatic rings. The molecule has 1 atom stereocenters. The Balaban J connectivity index is 1.36. The van der Waals surface area contributed by atoms with Crippen LogP contribution in [0.5, 0.6) is 11.5 Å². The summed E-state index contributed by atoms with van der Waals surface area (Å²) in [5.41, 5.74) is 3.94. The SMILES string of the molecule is COc1cccc(-c2ccc3c(c2)NC(=O)CN2CCN(C(=O)c4cc(C)nn4C)C[C@@H]2CO3)c1. The van der Waals surface area contributed by atoms with E-state index in [0.29, 0.717) is 43.4 Å². The summed E-state index contributed by atoms with van der Waals surface area (Å²) in [6.45, 7) is 4.09. The highest BCUT2D eigenvalue weighted by Crippen LogP contribution is 2.33. The van der Waals surface area contributed by atoms with Gasteiger partial charge in [0.05, 0.1) is 31.1 Å². The summed E-state index contributed by atoms with van der Waals surface area (Å²) in [5, 5.41) is 7.31. The lowest BCUT2D eigenvalue weighted by Gasteiger charge is -2.40. The van der Waals surface area contributed by atoms with Crippen molar-refractivity contribution in [1.29, 1.82) is 0 Å². The van der Waals surface area contributed by atoms with E-state index in [1.165, 1.54) is 0 Å². The number of benzene rings is 2. The molecule has 0 bridgehead atoms. The minimum absolute atomic E-state index is 0.0552. The Morgan fingerprint density at radius 2 is 1.97 bits per heavy atom. The van der Waals surface area contributed by atoms with Gasteiger partial charge in [0.2, 0.25) is 5.91 Å². The van der Waals surface area contributed by atoms with Gasteiger partial charge in [-0.05, 0) is 48.4 Å². The van der Waals surface area contributed by atoms with Crippen LogP contribution in [0, 0.1) is 6.92 Å². The lowest BCUT2D eigenvalue weighted by molar-refractivity contribution is -0.118. The number of hydrogen-bond donors (Lipinski definition) is 1. The van der Waals surface area contributed by atoms with Crippen molar-refractivity contribution in [2.75, 3.05) is 45.2 Å². The number of fused-ring (bicyclic) bond motifs is 2. The first-order valence-corrected chi connectivity index (χ1v) is 11.7. The maximum Gasteiger partial charge on any atom is 0.272 e. The van der Waals surface area contributed by atoms with E-state index in [-0.39, 0.29) is 24.4 Å². The first kappa shape index (κ1) is 22.9. The molecular weight excluding hydrogens is 446 g/mol. The van der Waals surface area contributed by atoms with Crippen LogP contribution in [-0.2, 0) is 11.8 Å². The number of anilines is 1. The fourth-order valence-electron chi connectivity index (χ4n) is 4.71. The number of hydrogen-bond acceptors (Lipinski definition) is 6. The second-order valence-electron chi connectivity index (χ2n) is 8.97. The number of nitrogens with one attached hydrogen (secondary N) is 1. The van der Waals surface area contributed by atoms with Crippen LogP contribution >= 0.6 is 0 Å². The third-order valence-corrected chi connectivity index (χ3v) is 6.55. The van der Waals surface area contributed by atoms with Crippen molar-refractivity contribution in [2.24, 2.45) is 7.05 Å². The molecule has 2 aliphatic heterocycles. The van der Waals surface area contributed by atoms with E-state index in [2.05, 4.69) is 15.3 Å². The maximum absolute atomic E-state index is 13.1. The fraction of sp³-hybridized carbons (Fsp3) is 0.346. The van der Waals surface area contributed by atoms with Gasteiger partial charge in [-0.15, -0.1) is 0 Å². The van der Waals surface area contributed by atoms with Crippen molar-refractivity contribution >= 4 is 17.5 Å². The van der Waals surface area contributed by atoms with Crippen LogP contribution in [0.4, 0.5) is 5.69 Å². The smallest absolute Gasteiger partial charge is 0.272 e. The molecule has 5 rings (SSSR count). The zero-order valence-electron chi connectivity index (χ0n) is 20.2. The molecule has 1 saturated heterocycles. The molecule has 0 spiro atoms. The van der Waals surface area contributed by atoms with E-state index >= 15 is 0 Å². The molecule has 1 fully saturated rings. The number of piperazine rings is 1. The Labute approximate surface area is 204 Å². The van der Waals surface area contributed by atoms with Crippen LogP contribution in [0.3, 0.4) is 0 Å². The molecule has 2 aliphatic rings. The maximum atomic E-state index is 13.1. The number of nitrogens with zero attached hydrogens (tertiary/aromatic N) is 4. The number of ether oxygens (including phenoxy) is 2. The van der Waals surface area contributed by atoms with Crippen LogP contribution in [-0.4, -0.2) is 77.3 Å². The first-order chi connectivity index (χ1) is 16.9. The van der Waals surface area contributed by atoms with E-state index < -0.39 is 0 Å². The van der Waals surface area contributed by atoms with Crippen molar-refractivity contribution in [3.8, 4) is 22.6 Å². The average Bonchev–Trinajstić information content (AvgIpc) is 3.23. The van der Waals surface area contributed by atoms with Gasteiger partial charge in [0.1, 0.15) is 23.8 Å². The van der Waals surface area contributed by atoms with Crippen molar-refractivity contribution < 1.29 is 19.1 Å². The average molecular weight is 476 g/mol. The Hall–Kier alpha value is -3.85. The van der Waals surface area contributed by atoms with Crippen molar-refractivity contribution in [3.05, 3.63) is 59.9 Å². The number of aryl methyl sites for hydroxylation is 2. The monoisotopic (exact) mass is 475 g/mol. The molecule has 1 N–H and O–H groups in total. The predicted molar refractivity (Wildman–Crippen MR) is 132 cm³/mol. The highest BCUT2D eigenvalue weighted by molar-refractivity contribution is 5.95. The predicted octanol–water partition coefficient (Wildman–Crippen LogP) is 2.56. The van der Waals surface area contributed by atoms with Crippen molar-refractivity contribution in [1.82, 2.24) is 19.6 Å². The third kappa shape index (κ3) is 4.72. The zero-order chi connectivity index (χ0) is 24.5. The molecule has 3 heterocycles. The van der Waals surface area contributed by atoms with Gasteiger partial charge >= 0.3 is 0 Å². The summed E-state index contributed by atoms with van der Waals surface area (Å²) in [5.74, 6) is 1.22. The Morgan fingerprint density at radius 1 is 1.14 bits per heavy atom. The highest BCUT2D eigenvalue weighted by Gasteiger charge is 2.33. The lowest BCUT2D eigenvalue weighted by Crippen LogP contribution is -2.58. The normalized spacial score (nSPS) is 18.3. The standard InChI is InChI=1S/C26H29N5O4/c1-17-11-23(29(2)28-17)26(33)31-10-9-30-15-25(32)27-22-13-19(18-5-4-6-21(12-18)34-3)7-8-24(22)35-16-20(30)14-31/h4-8,11-13,20H,9-10,14-16H2,1-3H3,(H,27,32)/t20-/m1/s1. The second-order valence-corrected chi connectivity index (χ2v) is 8.97.